The van der Waals surface area contributed by atoms with Crippen molar-refractivity contribution in [2.24, 2.45) is 7.05 Å². The molecule has 0 saturated carbocycles. The van der Waals surface area contributed by atoms with Crippen LogP contribution in [0.4, 0.5) is 24.5 Å². The standard InChI is InChI=1S/C21H17F3N4O5S/c1-27-19(29)9-7-16(26-27)20(30)25-14-4-8-17-18(12-14)34(31,32)28(10-11-33-17)15-5-2-13(3-6-15)21(22,23)24/h2-9,12H,10-11H2,1H3,(H,25,30). The Morgan fingerprint density at radius 3 is 2.44 bits per heavy atom. The van der Waals surface area contributed by atoms with Crippen LogP contribution in [0, 0.1) is 0 Å². The summed E-state index contributed by atoms with van der Waals surface area (Å²) < 4.78 is 72.8. The van der Waals surface area contributed by atoms with Crippen molar-refractivity contribution in [3.05, 3.63) is 76.2 Å². The van der Waals surface area contributed by atoms with Gasteiger partial charge in [0.15, 0.2) is 0 Å². The van der Waals surface area contributed by atoms with Gasteiger partial charge in [0.2, 0.25) is 0 Å². The average Bonchev–Trinajstić information content (AvgIpc) is 2.91. The Kier molecular flexibility index (Phi) is 5.81. The van der Waals surface area contributed by atoms with Gasteiger partial charge in [0, 0.05) is 18.8 Å². The Morgan fingerprint density at radius 1 is 1.09 bits per heavy atom. The third kappa shape index (κ3) is 4.46. The van der Waals surface area contributed by atoms with Gasteiger partial charge >= 0.3 is 6.18 Å². The molecule has 0 aliphatic carbocycles. The summed E-state index contributed by atoms with van der Waals surface area (Å²) in [6.45, 7) is -0.174. The van der Waals surface area contributed by atoms with Crippen LogP contribution >= 0.6 is 0 Å². The van der Waals surface area contributed by atoms with E-state index in [-0.39, 0.29) is 40.9 Å². The number of aryl methyl sites for hydroxylation is 1. The first kappa shape index (κ1) is 23.3. The molecule has 2 heterocycles. The number of nitrogens with one attached hydrogen (secondary N) is 1. The topological polar surface area (TPSA) is 111 Å². The van der Waals surface area contributed by atoms with E-state index in [2.05, 4.69) is 10.4 Å². The number of hydrogen-bond donors (Lipinski definition) is 1. The van der Waals surface area contributed by atoms with Crippen molar-refractivity contribution >= 4 is 27.3 Å². The third-order valence-corrected chi connectivity index (χ3v) is 6.85. The maximum Gasteiger partial charge on any atom is 0.416 e. The van der Waals surface area contributed by atoms with E-state index in [4.69, 9.17) is 4.74 Å². The molecule has 0 fully saturated rings. The van der Waals surface area contributed by atoms with E-state index in [1.165, 1.54) is 37.4 Å². The molecule has 2 aromatic carbocycles. The van der Waals surface area contributed by atoms with Crippen molar-refractivity contribution in [2.45, 2.75) is 11.1 Å². The number of carbonyl (C=O) groups excluding carboxylic acids is 1. The number of ether oxygens (including phenoxy) is 1. The molecule has 0 unspecified atom stereocenters. The quantitative estimate of drug-likeness (QED) is 0.600. The molecule has 0 spiro atoms. The third-order valence-electron chi connectivity index (χ3n) is 5.00. The summed E-state index contributed by atoms with van der Waals surface area (Å²) in [5, 5.41) is 6.35. The zero-order valence-electron chi connectivity index (χ0n) is 17.5. The SMILES string of the molecule is Cn1nc(C(=O)Nc2ccc3c(c2)S(=O)(=O)N(c2ccc(C(F)(F)F)cc2)CCO3)ccc1=O. The van der Waals surface area contributed by atoms with Crippen molar-refractivity contribution in [1.29, 1.82) is 0 Å². The van der Waals surface area contributed by atoms with Gasteiger partial charge in [0.25, 0.3) is 21.5 Å². The fraction of sp³-hybridized carbons (Fsp3) is 0.190. The Balaban J connectivity index is 1.66. The van der Waals surface area contributed by atoms with Crippen LogP contribution in [0.1, 0.15) is 16.1 Å². The fourth-order valence-corrected chi connectivity index (χ4v) is 4.90. The van der Waals surface area contributed by atoms with Crippen molar-refractivity contribution < 1.29 is 31.1 Å². The first-order chi connectivity index (χ1) is 16.0. The van der Waals surface area contributed by atoms with Crippen LogP contribution in [0.3, 0.4) is 0 Å². The van der Waals surface area contributed by atoms with Crippen LogP contribution in [0.2, 0.25) is 0 Å². The molecule has 9 nitrogen and oxygen atoms in total. The van der Waals surface area contributed by atoms with Gasteiger partial charge in [-0.25, -0.2) is 13.1 Å². The molecule has 1 aliphatic heterocycles. The first-order valence-corrected chi connectivity index (χ1v) is 11.2. The minimum absolute atomic E-state index is 0.0349. The van der Waals surface area contributed by atoms with E-state index in [0.29, 0.717) is 0 Å². The zero-order chi connectivity index (χ0) is 24.7. The van der Waals surface area contributed by atoms with Gasteiger partial charge in [0.05, 0.1) is 17.8 Å². The highest BCUT2D eigenvalue weighted by Crippen LogP contribution is 2.36. The maximum absolute atomic E-state index is 13.4. The number of alkyl halides is 3. The van der Waals surface area contributed by atoms with E-state index in [0.717, 1.165) is 33.3 Å². The lowest BCUT2D eigenvalue weighted by molar-refractivity contribution is -0.137. The second-order valence-electron chi connectivity index (χ2n) is 7.27. The maximum atomic E-state index is 13.4. The molecule has 1 amide bonds. The monoisotopic (exact) mass is 494 g/mol. The second-order valence-corrected chi connectivity index (χ2v) is 9.10. The lowest BCUT2D eigenvalue weighted by atomic mass is 10.2. The Bertz CT molecular complexity index is 1420. The largest absolute Gasteiger partial charge is 0.490 e. The van der Waals surface area contributed by atoms with Gasteiger partial charge in [0.1, 0.15) is 22.9 Å². The van der Waals surface area contributed by atoms with Gasteiger partial charge in [-0.2, -0.15) is 18.3 Å². The number of carbonyl (C=O) groups is 1. The molecule has 13 heteroatoms. The summed E-state index contributed by atoms with van der Waals surface area (Å²) in [7, 11) is -2.86. The number of hydrogen-bond acceptors (Lipinski definition) is 6. The van der Waals surface area contributed by atoms with Crippen molar-refractivity contribution in [3.63, 3.8) is 0 Å². The summed E-state index contributed by atoms with van der Waals surface area (Å²) in [4.78, 5) is 23.7. The van der Waals surface area contributed by atoms with Crippen LogP contribution in [0.25, 0.3) is 0 Å². The number of halogens is 3. The molecule has 0 bridgehead atoms. The predicted molar refractivity (Wildman–Crippen MR) is 115 cm³/mol. The normalized spacial score (nSPS) is 15.1. The number of benzene rings is 2. The average molecular weight is 494 g/mol. The molecule has 1 N–H and O–H groups in total. The molecule has 0 saturated heterocycles. The first-order valence-electron chi connectivity index (χ1n) is 9.79. The zero-order valence-corrected chi connectivity index (χ0v) is 18.4. The molecule has 1 aliphatic rings. The van der Waals surface area contributed by atoms with Crippen molar-refractivity contribution in [3.8, 4) is 5.75 Å². The number of nitrogens with zero attached hydrogens (tertiary/aromatic N) is 3. The van der Waals surface area contributed by atoms with Gasteiger partial charge in [-0.3, -0.25) is 13.9 Å². The molecule has 3 aromatic rings. The summed E-state index contributed by atoms with van der Waals surface area (Å²) >= 11 is 0. The van der Waals surface area contributed by atoms with Crippen LogP contribution in [-0.2, 0) is 23.2 Å². The van der Waals surface area contributed by atoms with Crippen LogP contribution in [-0.4, -0.2) is 37.3 Å². The van der Waals surface area contributed by atoms with E-state index < -0.39 is 33.2 Å². The second kappa shape index (κ2) is 8.48. The van der Waals surface area contributed by atoms with Crippen LogP contribution < -0.4 is 19.9 Å². The van der Waals surface area contributed by atoms with E-state index in [1.807, 2.05) is 0 Å². The fourth-order valence-electron chi connectivity index (χ4n) is 3.29. The number of sulfonamides is 1. The van der Waals surface area contributed by atoms with E-state index in [9.17, 15) is 31.2 Å². The highest BCUT2D eigenvalue weighted by Gasteiger charge is 2.33. The Hall–Kier alpha value is -3.87. The van der Waals surface area contributed by atoms with Crippen LogP contribution in [0.5, 0.6) is 5.75 Å². The summed E-state index contributed by atoms with van der Waals surface area (Å²) in [5.74, 6) is -0.644. The van der Waals surface area contributed by atoms with E-state index >= 15 is 0 Å². The molecule has 0 atom stereocenters. The van der Waals surface area contributed by atoms with Crippen LogP contribution in [0.15, 0.2) is 64.3 Å². The number of fused-ring (bicyclic) bond motifs is 1. The lowest BCUT2D eigenvalue weighted by Gasteiger charge is -2.22. The number of anilines is 2. The Labute approximate surface area is 191 Å². The predicted octanol–water partition coefficient (Wildman–Crippen LogP) is 2.64. The summed E-state index contributed by atoms with van der Waals surface area (Å²) in [5.41, 5.74) is -1.23. The molecule has 34 heavy (non-hydrogen) atoms. The smallest absolute Gasteiger partial charge is 0.416 e. The molecular formula is C21H17F3N4O5S. The molecule has 0 radical (unpaired) electrons. The number of amides is 1. The van der Waals surface area contributed by atoms with Crippen molar-refractivity contribution in [1.82, 2.24) is 9.78 Å². The highest BCUT2D eigenvalue weighted by atomic mass is 32.2. The highest BCUT2D eigenvalue weighted by molar-refractivity contribution is 7.93. The number of rotatable bonds is 3. The molecule has 1 aromatic heterocycles. The lowest BCUT2D eigenvalue weighted by Crippen LogP contribution is -2.32. The van der Waals surface area contributed by atoms with Gasteiger partial charge in [-0.1, -0.05) is 0 Å². The van der Waals surface area contributed by atoms with Crippen molar-refractivity contribution in [2.75, 3.05) is 22.8 Å². The Morgan fingerprint density at radius 2 is 1.79 bits per heavy atom. The molecule has 178 valence electrons. The minimum Gasteiger partial charge on any atom is -0.490 e. The number of aromatic nitrogens is 2. The van der Waals surface area contributed by atoms with Gasteiger partial charge in [-0.15, -0.1) is 0 Å². The summed E-state index contributed by atoms with van der Waals surface area (Å²) in [6.07, 6.45) is -4.56. The van der Waals surface area contributed by atoms with Gasteiger partial charge in [-0.05, 0) is 48.5 Å². The summed E-state index contributed by atoms with van der Waals surface area (Å²) in [6, 6.07) is 10.1. The van der Waals surface area contributed by atoms with Gasteiger partial charge < -0.3 is 10.1 Å². The van der Waals surface area contributed by atoms with E-state index in [1.54, 1.807) is 0 Å². The molecule has 4 rings (SSSR count). The minimum atomic E-state index is -4.56. The molecular weight excluding hydrogens is 477 g/mol.